The highest BCUT2D eigenvalue weighted by atomic mass is 16.4. The maximum atomic E-state index is 10.6. The predicted molar refractivity (Wildman–Crippen MR) is 84.3 cm³/mol. The van der Waals surface area contributed by atoms with E-state index >= 15 is 0 Å². The number of carboxylic acids is 1. The number of nitrogens with zero attached hydrogens (tertiary/aromatic N) is 1. The van der Waals surface area contributed by atoms with Crippen LogP contribution >= 0.6 is 0 Å². The van der Waals surface area contributed by atoms with Crippen LogP contribution in [0.5, 0.6) is 0 Å². The molecule has 1 aromatic rings. The highest BCUT2D eigenvalue weighted by Crippen LogP contribution is 2.24. The Hall–Kier alpha value is -1.39. The Balaban J connectivity index is 1.92. The fourth-order valence-corrected chi connectivity index (χ4v) is 2.94. The average Bonchev–Trinajstić information content (AvgIpc) is 3.00. The van der Waals surface area contributed by atoms with Crippen LogP contribution in [-0.2, 0) is 4.79 Å². The lowest BCUT2D eigenvalue weighted by Gasteiger charge is -2.29. The summed E-state index contributed by atoms with van der Waals surface area (Å²) >= 11 is 0. The minimum absolute atomic E-state index is 0.230. The molecular formula is C17H26N2O2. The Labute approximate surface area is 127 Å². The van der Waals surface area contributed by atoms with Crippen LogP contribution in [0.15, 0.2) is 30.3 Å². The van der Waals surface area contributed by atoms with Crippen molar-refractivity contribution in [2.24, 2.45) is 0 Å². The van der Waals surface area contributed by atoms with Gasteiger partial charge in [0.2, 0.25) is 0 Å². The fourth-order valence-electron chi connectivity index (χ4n) is 2.94. The van der Waals surface area contributed by atoms with E-state index in [4.69, 9.17) is 5.11 Å². The van der Waals surface area contributed by atoms with Gasteiger partial charge in [-0.05, 0) is 44.8 Å². The van der Waals surface area contributed by atoms with Gasteiger partial charge in [0.25, 0.3) is 0 Å². The summed E-state index contributed by atoms with van der Waals surface area (Å²) in [6.45, 7) is 5.26. The molecule has 2 N–H and O–H groups in total. The molecule has 0 saturated carbocycles. The van der Waals surface area contributed by atoms with Gasteiger partial charge in [-0.2, -0.15) is 0 Å². The molecule has 4 heteroatoms. The van der Waals surface area contributed by atoms with Crippen LogP contribution in [0, 0.1) is 0 Å². The molecule has 0 spiro atoms. The summed E-state index contributed by atoms with van der Waals surface area (Å²) in [4.78, 5) is 13.2. The van der Waals surface area contributed by atoms with Gasteiger partial charge < -0.3 is 10.4 Å². The Kier molecular flexibility index (Phi) is 6.21. The maximum Gasteiger partial charge on any atom is 0.303 e. The summed E-state index contributed by atoms with van der Waals surface area (Å²) in [5.41, 5.74) is 1.34. The molecule has 1 aliphatic heterocycles. The van der Waals surface area contributed by atoms with Crippen LogP contribution in [-0.4, -0.2) is 41.7 Å². The van der Waals surface area contributed by atoms with Crippen molar-refractivity contribution >= 4 is 5.97 Å². The Morgan fingerprint density at radius 3 is 2.57 bits per heavy atom. The van der Waals surface area contributed by atoms with E-state index in [0.717, 1.165) is 19.6 Å². The van der Waals surface area contributed by atoms with Gasteiger partial charge in [0.15, 0.2) is 0 Å². The molecule has 116 valence electrons. The van der Waals surface area contributed by atoms with Crippen LogP contribution in [0.1, 0.15) is 44.2 Å². The Morgan fingerprint density at radius 2 is 1.95 bits per heavy atom. The molecule has 21 heavy (non-hydrogen) atoms. The summed E-state index contributed by atoms with van der Waals surface area (Å²) in [6.07, 6.45) is 3.46. The average molecular weight is 290 g/mol. The lowest BCUT2D eigenvalue weighted by atomic mass is 10.0. The summed E-state index contributed by atoms with van der Waals surface area (Å²) in [6, 6.07) is 11.2. The molecule has 1 aromatic carbocycles. The summed E-state index contributed by atoms with van der Waals surface area (Å²) < 4.78 is 0. The second-order valence-corrected chi connectivity index (χ2v) is 5.91. The largest absolute Gasteiger partial charge is 0.481 e. The lowest BCUT2D eigenvalue weighted by Crippen LogP contribution is -2.37. The van der Waals surface area contributed by atoms with Crippen LogP contribution in [0.2, 0.25) is 0 Å². The van der Waals surface area contributed by atoms with E-state index < -0.39 is 5.97 Å². The standard InChI is InChI=1S/C17H26N2O2/c1-14(9-10-17(20)21)18-13-16(19-11-5-6-12-19)15-7-3-2-4-8-15/h2-4,7-8,14,16,18H,5-6,9-13H2,1H3,(H,20,21). The normalized spacial score (nSPS) is 18.5. The molecule has 0 aromatic heterocycles. The topological polar surface area (TPSA) is 52.6 Å². The van der Waals surface area contributed by atoms with E-state index in [1.165, 1.54) is 18.4 Å². The first-order chi connectivity index (χ1) is 10.2. The van der Waals surface area contributed by atoms with Gasteiger partial charge in [0.05, 0.1) is 0 Å². The Morgan fingerprint density at radius 1 is 1.29 bits per heavy atom. The predicted octanol–water partition coefficient (Wildman–Crippen LogP) is 2.67. The first-order valence-corrected chi connectivity index (χ1v) is 7.91. The molecular weight excluding hydrogens is 264 g/mol. The van der Waals surface area contributed by atoms with Crippen molar-refractivity contribution in [1.82, 2.24) is 10.2 Å². The Bertz CT molecular complexity index is 430. The molecule has 0 bridgehead atoms. The van der Waals surface area contributed by atoms with Gasteiger partial charge in [-0.3, -0.25) is 9.69 Å². The van der Waals surface area contributed by atoms with Crippen LogP contribution in [0.25, 0.3) is 0 Å². The van der Waals surface area contributed by atoms with Gasteiger partial charge in [0.1, 0.15) is 0 Å². The summed E-state index contributed by atoms with van der Waals surface area (Å²) in [7, 11) is 0. The number of likely N-dealkylation sites (tertiary alicyclic amines) is 1. The zero-order chi connectivity index (χ0) is 15.1. The van der Waals surface area contributed by atoms with Gasteiger partial charge >= 0.3 is 5.97 Å². The zero-order valence-corrected chi connectivity index (χ0v) is 12.8. The van der Waals surface area contributed by atoms with Crippen molar-refractivity contribution in [3.8, 4) is 0 Å². The van der Waals surface area contributed by atoms with Crippen molar-refractivity contribution in [3.05, 3.63) is 35.9 Å². The minimum atomic E-state index is -0.720. The summed E-state index contributed by atoms with van der Waals surface area (Å²) in [5.74, 6) is -0.720. The molecule has 0 radical (unpaired) electrons. The highest BCUT2D eigenvalue weighted by molar-refractivity contribution is 5.66. The number of nitrogens with one attached hydrogen (secondary N) is 1. The summed E-state index contributed by atoms with van der Waals surface area (Å²) in [5, 5.41) is 12.3. The highest BCUT2D eigenvalue weighted by Gasteiger charge is 2.23. The van der Waals surface area contributed by atoms with E-state index in [1.54, 1.807) is 0 Å². The first-order valence-electron chi connectivity index (χ1n) is 7.91. The third kappa shape index (κ3) is 5.14. The van der Waals surface area contributed by atoms with Crippen LogP contribution < -0.4 is 5.32 Å². The monoisotopic (exact) mass is 290 g/mol. The number of carboxylic acid groups (broad SMARTS) is 1. The molecule has 4 nitrogen and oxygen atoms in total. The van der Waals surface area contributed by atoms with Gasteiger partial charge in [0, 0.05) is 25.0 Å². The number of hydrogen-bond acceptors (Lipinski definition) is 3. The molecule has 2 rings (SSSR count). The van der Waals surface area contributed by atoms with Gasteiger partial charge in [-0.25, -0.2) is 0 Å². The van der Waals surface area contributed by atoms with E-state index in [9.17, 15) is 4.79 Å². The molecule has 1 heterocycles. The van der Waals surface area contributed by atoms with Gasteiger partial charge in [-0.1, -0.05) is 30.3 Å². The maximum absolute atomic E-state index is 10.6. The molecule has 2 atom stereocenters. The lowest BCUT2D eigenvalue weighted by molar-refractivity contribution is -0.137. The SMILES string of the molecule is CC(CCC(=O)O)NCC(c1ccccc1)N1CCCC1. The second kappa shape index (κ2) is 8.15. The van der Waals surface area contributed by atoms with Crippen molar-refractivity contribution in [2.45, 2.75) is 44.7 Å². The van der Waals surface area contributed by atoms with Crippen LogP contribution in [0.3, 0.4) is 0 Å². The molecule has 1 saturated heterocycles. The van der Waals surface area contributed by atoms with E-state index in [-0.39, 0.29) is 12.5 Å². The van der Waals surface area contributed by atoms with E-state index in [1.807, 2.05) is 6.07 Å². The van der Waals surface area contributed by atoms with Crippen molar-refractivity contribution in [3.63, 3.8) is 0 Å². The third-order valence-electron chi connectivity index (χ3n) is 4.22. The molecule has 1 fully saturated rings. The third-order valence-corrected chi connectivity index (χ3v) is 4.22. The first kappa shape index (κ1) is 16.0. The molecule has 0 amide bonds. The number of rotatable bonds is 8. The molecule has 0 aliphatic carbocycles. The van der Waals surface area contributed by atoms with E-state index in [0.29, 0.717) is 12.5 Å². The minimum Gasteiger partial charge on any atom is -0.481 e. The number of carbonyl (C=O) groups is 1. The van der Waals surface area contributed by atoms with Crippen molar-refractivity contribution in [2.75, 3.05) is 19.6 Å². The van der Waals surface area contributed by atoms with E-state index in [2.05, 4.69) is 41.4 Å². The molecule has 2 unspecified atom stereocenters. The number of aliphatic carboxylic acids is 1. The quantitative estimate of drug-likeness (QED) is 0.773. The number of hydrogen-bond donors (Lipinski definition) is 2. The van der Waals surface area contributed by atoms with Crippen LogP contribution in [0.4, 0.5) is 0 Å². The van der Waals surface area contributed by atoms with Gasteiger partial charge in [-0.15, -0.1) is 0 Å². The van der Waals surface area contributed by atoms with Crippen molar-refractivity contribution < 1.29 is 9.90 Å². The second-order valence-electron chi connectivity index (χ2n) is 5.91. The number of benzene rings is 1. The zero-order valence-electron chi connectivity index (χ0n) is 12.8. The fraction of sp³-hybridized carbons (Fsp3) is 0.588. The van der Waals surface area contributed by atoms with Crippen molar-refractivity contribution in [1.29, 1.82) is 0 Å². The smallest absolute Gasteiger partial charge is 0.303 e. The molecule has 1 aliphatic rings.